The molecule has 1 nitrogen and oxygen atoms in total. The van der Waals surface area contributed by atoms with Gasteiger partial charge in [0.1, 0.15) is 11.2 Å². The number of benzene rings is 9. The second kappa shape index (κ2) is 11.1. The maximum Gasteiger partial charge on any atom is 0.136 e. The number of rotatable bonds is 4. The molecule has 228 valence electrons. The molecule has 0 radical (unpaired) electrons. The minimum absolute atomic E-state index is 0.0137. The van der Waals surface area contributed by atoms with Crippen molar-refractivity contribution in [1.29, 1.82) is 0 Å². The van der Waals surface area contributed by atoms with Crippen LogP contribution in [0.5, 0.6) is 0 Å². The smallest absolute Gasteiger partial charge is 0.136 e. The van der Waals surface area contributed by atoms with Gasteiger partial charge in [0.05, 0.1) is 17.8 Å². The zero-order valence-electron chi connectivity index (χ0n) is 38.7. The van der Waals surface area contributed by atoms with Crippen molar-refractivity contribution in [1.82, 2.24) is 0 Å². The highest BCUT2D eigenvalue weighted by molar-refractivity contribution is 6.23. The Kier molecular flexibility index (Phi) is 3.99. The first-order chi connectivity index (χ1) is 29.7. The third-order valence-corrected chi connectivity index (χ3v) is 9.21. The molecule has 0 unspecified atom stereocenters. The van der Waals surface area contributed by atoms with E-state index < -0.39 is 42.3 Å². The van der Waals surface area contributed by atoms with Crippen molar-refractivity contribution in [2.24, 2.45) is 0 Å². The van der Waals surface area contributed by atoms with Crippen LogP contribution in [0.25, 0.3) is 98.8 Å². The van der Waals surface area contributed by atoms with Gasteiger partial charge in [0, 0.05) is 16.3 Å². The standard InChI is InChI=1S/C48H30O/c1-2-14-33(15-3-1)46-36(29-30-44-48(46)42-22-10-11-24-43(42)49-44)32-25-27-34(28-26-32)45-38-18-6-8-20-40(38)47(41-21-9-7-19-39(41)45)37-23-12-16-31-13-4-5-17-35(31)37/h1-30H/i1D,2D,3D,6D,7D,8D,9D,14D,15D,18D,19D,20D,21D. The summed E-state index contributed by atoms with van der Waals surface area (Å²) in [5.41, 5.74) is 3.79. The van der Waals surface area contributed by atoms with Gasteiger partial charge in [0.25, 0.3) is 0 Å². The summed E-state index contributed by atoms with van der Waals surface area (Å²) >= 11 is 0. The molecule has 1 aromatic heterocycles. The Morgan fingerprint density at radius 3 is 1.67 bits per heavy atom. The van der Waals surface area contributed by atoms with Crippen molar-refractivity contribution in [3.05, 3.63) is 182 Å². The van der Waals surface area contributed by atoms with Crippen LogP contribution in [0.2, 0.25) is 0 Å². The summed E-state index contributed by atoms with van der Waals surface area (Å²) in [5, 5.41) is 3.15. The van der Waals surface area contributed by atoms with Crippen LogP contribution >= 0.6 is 0 Å². The van der Waals surface area contributed by atoms with E-state index in [0.29, 0.717) is 49.8 Å². The zero-order chi connectivity index (χ0) is 43.6. The molecule has 0 saturated heterocycles. The Balaban J connectivity index is 1.33. The third-order valence-electron chi connectivity index (χ3n) is 9.21. The molecule has 0 N–H and O–H groups in total. The molecule has 10 rings (SSSR count). The largest absolute Gasteiger partial charge is 0.456 e. The monoisotopic (exact) mass is 635 g/mol. The van der Waals surface area contributed by atoms with Gasteiger partial charge in [-0.3, -0.25) is 0 Å². The topological polar surface area (TPSA) is 13.1 Å². The molecule has 0 bridgehead atoms. The van der Waals surface area contributed by atoms with Crippen LogP contribution in [0.3, 0.4) is 0 Å². The summed E-state index contributed by atoms with van der Waals surface area (Å²) in [7, 11) is 0. The van der Waals surface area contributed by atoms with E-state index in [1.54, 1.807) is 48.5 Å². The molecule has 0 aliphatic carbocycles. The lowest BCUT2D eigenvalue weighted by Gasteiger charge is -2.19. The fourth-order valence-corrected chi connectivity index (χ4v) is 7.13. The Hall–Kier alpha value is -6.44. The molecule has 0 spiro atoms. The van der Waals surface area contributed by atoms with Crippen LogP contribution in [-0.2, 0) is 0 Å². The van der Waals surface area contributed by atoms with Crippen LogP contribution in [0.15, 0.2) is 186 Å². The molecule has 1 heteroatoms. The van der Waals surface area contributed by atoms with Crippen LogP contribution in [0.4, 0.5) is 0 Å². The lowest BCUT2D eigenvalue weighted by atomic mass is 9.84. The molecule has 9 aromatic carbocycles. The molecular formula is C48H30O. The number of para-hydroxylation sites is 1. The Bertz CT molecular complexity index is 3500. The Labute approximate surface area is 302 Å². The predicted octanol–water partition coefficient (Wildman–Crippen LogP) is 13.7. The molecular weight excluding hydrogens is 593 g/mol. The van der Waals surface area contributed by atoms with Gasteiger partial charge >= 0.3 is 0 Å². The van der Waals surface area contributed by atoms with E-state index >= 15 is 0 Å². The first-order valence-electron chi connectivity index (χ1n) is 22.3. The molecule has 0 fully saturated rings. The molecule has 10 aromatic rings. The van der Waals surface area contributed by atoms with Crippen LogP contribution in [0.1, 0.15) is 17.8 Å². The number of furan rings is 1. The van der Waals surface area contributed by atoms with E-state index in [9.17, 15) is 5.48 Å². The Morgan fingerprint density at radius 2 is 0.939 bits per heavy atom. The lowest BCUT2D eigenvalue weighted by molar-refractivity contribution is 0.669. The zero-order valence-corrected chi connectivity index (χ0v) is 25.7. The van der Waals surface area contributed by atoms with Crippen LogP contribution < -0.4 is 0 Å². The summed E-state index contributed by atoms with van der Waals surface area (Å²) < 4.78 is 122. The fourth-order valence-electron chi connectivity index (χ4n) is 7.13. The van der Waals surface area contributed by atoms with Gasteiger partial charge in [-0.25, -0.2) is 0 Å². The highest BCUT2D eigenvalue weighted by Gasteiger charge is 2.20. The third kappa shape index (κ3) is 4.33. The lowest BCUT2D eigenvalue weighted by Crippen LogP contribution is -1.92. The molecule has 1 heterocycles. The van der Waals surface area contributed by atoms with Crippen molar-refractivity contribution in [2.45, 2.75) is 0 Å². The van der Waals surface area contributed by atoms with Crippen molar-refractivity contribution >= 4 is 54.3 Å². The first kappa shape index (κ1) is 17.6. The van der Waals surface area contributed by atoms with Crippen molar-refractivity contribution < 1.29 is 22.2 Å². The fraction of sp³-hybridized carbons (Fsp3) is 0. The predicted molar refractivity (Wildman–Crippen MR) is 208 cm³/mol. The molecule has 0 atom stereocenters. The van der Waals surface area contributed by atoms with E-state index in [1.807, 2.05) is 54.6 Å². The van der Waals surface area contributed by atoms with Crippen molar-refractivity contribution in [3.63, 3.8) is 0 Å². The molecule has 0 aliphatic rings. The van der Waals surface area contributed by atoms with E-state index in [4.69, 9.17) is 16.8 Å². The van der Waals surface area contributed by atoms with Gasteiger partial charge in [0.15, 0.2) is 0 Å². The molecule has 0 amide bonds. The van der Waals surface area contributed by atoms with Crippen molar-refractivity contribution in [3.8, 4) is 44.5 Å². The van der Waals surface area contributed by atoms with Crippen LogP contribution in [-0.4, -0.2) is 0 Å². The summed E-state index contributed by atoms with van der Waals surface area (Å²) in [6.45, 7) is 0. The molecule has 49 heavy (non-hydrogen) atoms. The maximum atomic E-state index is 9.38. The second-order valence-electron chi connectivity index (χ2n) is 11.8. The van der Waals surface area contributed by atoms with Gasteiger partial charge in [-0.1, -0.05) is 170 Å². The minimum Gasteiger partial charge on any atom is -0.456 e. The first-order valence-corrected chi connectivity index (χ1v) is 15.8. The van der Waals surface area contributed by atoms with E-state index in [1.165, 1.54) is 0 Å². The van der Waals surface area contributed by atoms with E-state index in [0.717, 1.165) is 10.8 Å². The number of fused-ring (bicyclic) bond motifs is 6. The van der Waals surface area contributed by atoms with Gasteiger partial charge in [-0.2, -0.15) is 0 Å². The highest BCUT2D eigenvalue weighted by Crippen LogP contribution is 2.47. The SMILES string of the molecule is [2H]c1c([2H])c([2H])c(-c2c(-c3ccc(-c4c5c([2H])c([2H])c([2H])c([2H])c5c(-c5cccc6ccccc56)c5c([2H])c([2H])c([2H])c([2H])c45)cc3)ccc3oc4ccccc4c23)c([2H])c1[2H]. The normalized spacial score (nSPS) is 15.4. The maximum absolute atomic E-state index is 9.38. The number of hydrogen-bond donors (Lipinski definition) is 0. The molecule has 0 saturated carbocycles. The number of hydrogen-bond acceptors (Lipinski definition) is 1. The Morgan fingerprint density at radius 1 is 0.347 bits per heavy atom. The van der Waals surface area contributed by atoms with Gasteiger partial charge in [-0.05, 0) is 83.4 Å². The summed E-state index contributed by atoms with van der Waals surface area (Å²) in [4.78, 5) is 0. The van der Waals surface area contributed by atoms with Gasteiger partial charge in [-0.15, -0.1) is 0 Å². The average Bonchev–Trinajstić information content (AvgIpc) is 3.68. The van der Waals surface area contributed by atoms with E-state index in [-0.39, 0.29) is 74.5 Å². The van der Waals surface area contributed by atoms with Crippen molar-refractivity contribution in [2.75, 3.05) is 0 Å². The highest BCUT2D eigenvalue weighted by atomic mass is 16.3. The second-order valence-corrected chi connectivity index (χ2v) is 11.8. The van der Waals surface area contributed by atoms with Crippen LogP contribution in [0, 0.1) is 0 Å². The van der Waals surface area contributed by atoms with Gasteiger partial charge < -0.3 is 4.42 Å². The molecule has 0 aliphatic heterocycles. The van der Waals surface area contributed by atoms with Gasteiger partial charge in [0.2, 0.25) is 0 Å². The summed E-state index contributed by atoms with van der Waals surface area (Å²) in [6, 6.07) is 24.9. The quantitative estimate of drug-likeness (QED) is 0.175. The summed E-state index contributed by atoms with van der Waals surface area (Å²) in [6.07, 6.45) is 0. The van der Waals surface area contributed by atoms with E-state index in [2.05, 4.69) is 0 Å². The minimum atomic E-state index is -0.527. The average molecular weight is 636 g/mol. The summed E-state index contributed by atoms with van der Waals surface area (Å²) in [5.74, 6) is 0.